The van der Waals surface area contributed by atoms with E-state index in [1.807, 2.05) is 6.92 Å². The van der Waals surface area contributed by atoms with Crippen LogP contribution in [0.5, 0.6) is 5.75 Å². The highest BCUT2D eigenvalue weighted by Crippen LogP contribution is 2.38. The average Bonchev–Trinajstić information content (AvgIpc) is 2.66. The van der Waals surface area contributed by atoms with Crippen LogP contribution in [0.3, 0.4) is 0 Å². The Hall–Kier alpha value is -3.29. The first-order chi connectivity index (χ1) is 13.0. The number of benzene rings is 2. The van der Waals surface area contributed by atoms with Crippen molar-refractivity contribution in [1.82, 2.24) is 15.5 Å². The number of halogens is 2. The summed E-state index contributed by atoms with van der Waals surface area (Å²) in [6.07, 6.45) is 0.756. The van der Waals surface area contributed by atoms with Crippen molar-refractivity contribution in [2.45, 2.75) is 13.3 Å². The summed E-state index contributed by atoms with van der Waals surface area (Å²) in [6.45, 7) is 2.39. The molecule has 0 aliphatic rings. The second-order valence-corrected chi connectivity index (χ2v) is 5.88. The lowest BCUT2D eigenvalue weighted by Crippen LogP contribution is -2.26. The highest BCUT2D eigenvalue weighted by atomic mass is 19.1. The van der Waals surface area contributed by atoms with E-state index < -0.39 is 17.5 Å². The Kier molecular flexibility index (Phi) is 5.16. The molecule has 0 saturated heterocycles. The van der Waals surface area contributed by atoms with Crippen molar-refractivity contribution < 1.29 is 18.3 Å². The van der Waals surface area contributed by atoms with Gasteiger partial charge in [-0.1, -0.05) is 6.92 Å². The van der Waals surface area contributed by atoms with Crippen molar-refractivity contribution in [2.24, 2.45) is 0 Å². The second kappa shape index (κ2) is 7.53. The lowest BCUT2D eigenvalue weighted by molar-refractivity contribution is 0.0949. The summed E-state index contributed by atoms with van der Waals surface area (Å²) in [5, 5.41) is 11.0. The van der Waals surface area contributed by atoms with Gasteiger partial charge in [-0.2, -0.15) is 0 Å². The molecule has 0 atom stereocenters. The van der Waals surface area contributed by atoms with Crippen LogP contribution in [0.1, 0.15) is 23.8 Å². The number of amides is 1. The molecule has 1 aromatic heterocycles. The van der Waals surface area contributed by atoms with Gasteiger partial charge in [0.2, 0.25) is 0 Å². The molecule has 8 heteroatoms. The Balaban J connectivity index is 2.22. The van der Waals surface area contributed by atoms with Crippen LogP contribution in [0.25, 0.3) is 22.0 Å². The Labute approximate surface area is 154 Å². The lowest BCUT2D eigenvalue weighted by atomic mass is 9.99. The van der Waals surface area contributed by atoms with E-state index >= 15 is 0 Å². The zero-order valence-corrected chi connectivity index (χ0v) is 14.8. The van der Waals surface area contributed by atoms with Gasteiger partial charge in [-0.15, -0.1) is 10.2 Å². The molecule has 0 unspecified atom stereocenters. The molecular weight excluding hydrogens is 354 g/mol. The average molecular weight is 372 g/mol. The fourth-order valence-electron chi connectivity index (χ4n) is 2.79. The smallest absolute Gasteiger partial charge is 0.273 e. The van der Waals surface area contributed by atoms with E-state index in [-0.39, 0.29) is 28.2 Å². The summed E-state index contributed by atoms with van der Waals surface area (Å²) in [7, 11) is 1.36. The minimum atomic E-state index is -0.593. The van der Waals surface area contributed by atoms with Gasteiger partial charge in [-0.25, -0.2) is 8.78 Å². The molecule has 3 aromatic rings. The Bertz CT molecular complexity index is 1020. The maximum atomic E-state index is 14.6. The zero-order valence-electron chi connectivity index (χ0n) is 14.8. The van der Waals surface area contributed by atoms with Gasteiger partial charge in [-0.05, 0) is 30.7 Å². The number of hydrogen-bond donors (Lipinski definition) is 2. The SMILES string of the molecule is CCCNC(=O)c1nnc2c(-c3ccc(F)cc3OC)c(F)ccc2c1N. The molecule has 3 N–H and O–H groups in total. The number of carbonyl (C=O) groups excluding carboxylic acids is 1. The first-order valence-electron chi connectivity index (χ1n) is 8.34. The molecule has 1 heterocycles. The van der Waals surface area contributed by atoms with Crippen LogP contribution >= 0.6 is 0 Å². The van der Waals surface area contributed by atoms with E-state index in [2.05, 4.69) is 15.5 Å². The zero-order chi connectivity index (χ0) is 19.6. The first kappa shape index (κ1) is 18.5. The third kappa shape index (κ3) is 3.38. The normalized spacial score (nSPS) is 10.8. The minimum Gasteiger partial charge on any atom is -0.496 e. The fraction of sp³-hybridized carbons (Fsp3) is 0.211. The predicted octanol–water partition coefficient (Wildman–Crippen LogP) is 3.31. The van der Waals surface area contributed by atoms with E-state index in [4.69, 9.17) is 10.5 Å². The van der Waals surface area contributed by atoms with Gasteiger partial charge in [0.25, 0.3) is 5.91 Å². The van der Waals surface area contributed by atoms with Crippen LogP contribution in [-0.4, -0.2) is 29.8 Å². The number of nitrogens with one attached hydrogen (secondary N) is 1. The van der Waals surface area contributed by atoms with Gasteiger partial charge in [0.1, 0.15) is 22.9 Å². The van der Waals surface area contributed by atoms with Crippen molar-refractivity contribution >= 4 is 22.5 Å². The van der Waals surface area contributed by atoms with Crippen LogP contribution in [0.4, 0.5) is 14.5 Å². The number of methoxy groups -OCH3 is 1. The maximum absolute atomic E-state index is 14.6. The van der Waals surface area contributed by atoms with Gasteiger partial charge in [0, 0.05) is 29.1 Å². The molecule has 0 fully saturated rings. The molecule has 3 rings (SSSR count). The maximum Gasteiger partial charge on any atom is 0.273 e. The fourth-order valence-corrected chi connectivity index (χ4v) is 2.79. The third-order valence-electron chi connectivity index (χ3n) is 4.11. The molecule has 6 nitrogen and oxygen atoms in total. The number of aromatic nitrogens is 2. The van der Waals surface area contributed by atoms with Crippen LogP contribution in [-0.2, 0) is 0 Å². The molecule has 0 aliphatic carbocycles. The summed E-state index contributed by atoms with van der Waals surface area (Å²) in [6, 6.07) is 6.39. The van der Waals surface area contributed by atoms with Crippen molar-refractivity contribution in [3.8, 4) is 16.9 Å². The van der Waals surface area contributed by atoms with Crippen molar-refractivity contribution in [3.63, 3.8) is 0 Å². The number of nitrogen functional groups attached to an aromatic ring is 1. The quantitative estimate of drug-likeness (QED) is 0.717. The third-order valence-corrected chi connectivity index (χ3v) is 4.11. The van der Waals surface area contributed by atoms with E-state index in [0.717, 1.165) is 12.5 Å². The molecule has 0 radical (unpaired) electrons. The molecule has 0 aliphatic heterocycles. The summed E-state index contributed by atoms with van der Waals surface area (Å²) >= 11 is 0. The number of anilines is 1. The highest BCUT2D eigenvalue weighted by molar-refractivity contribution is 6.07. The summed E-state index contributed by atoms with van der Waals surface area (Å²) in [5.41, 5.74) is 6.71. The second-order valence-electron chi connectivity index (χ2n) is 5.88. The molecule has 0 saturated carbocycles. The monoisotopic (exact) mass is 372 g/mol. The Morgan fingerprint density at radius 1 is 1.22 bits per heavy atom. The molecule has 0 bridgehead atoms. The Morgan fingerprint density at radius 2 is 2.00 bits per heavy atom. The van der Waals surface area contributed by atoms with Gasteiger partial charge in [0.05, 0.1) is 12.8 Å². The first-order valence-corrected chi connectivity index (χ1v) is 8.34. The number of hydrogen-bond acceptors (Lipinski definition) is 5. The summed E-state index contributed by atoms with van der Waals surface area (Å²) in [4.78, 5) is 12.2. The Morgan fingerprint density at radius 3 is 2.70 bits per heavy atom. The van der Waals surface area contributed by atoms with E-state index in [0.29, 0.717) is 17.5 Å². The minimum absolute atomic E-state index is 0.0282. The predicted molar refractivity (Wildman–Crippen MR) is 98.5 cm³/mol. The van der Waals surface area contributed by atoms with Crippen molar-refractivity contribution in [3.05, 3.63) is 47.7 Å². The van der Waals surface area contributed by atoms with Gasteiger partial charge in [0.15, 0.2) is 5.69 Å². The molecule has 27 heavy (non-hydrogen) atoms. The number of fused-ring (bicyclic) bond motifs is 1. The number of rotatable bonds is 5. The van der Waals surface area contributed by atoms with E-state index in [9.17, 15) is 13.6 Å². The lowest BCUT2D eigenvalue weighted by Gasteiger charge is -2.13. The number of nitrogens with zero attached hydrogens (tertiary/aromatic N) is 2. The van der Waals surface area contributed by atoms with Crippen LogP contribution in [0, 0.1) is 11.6 Å². The molecule has 1 amide bonds. The molecule has 2 aromatic carbocycles. The standard InChI is InChI=1S/C19H18F2N4O2/c1-3-8-23-19(26)18-16(22)12-6-7-13(21)15(17(12)24-25-18)11-5-4-10(20)9-14(11)27-2/h4-7,9H,3,8H2,1-2H3,(H2,22,24)(H,23,26). The van der Waals surface area contributed by atoms with Crippen LogP contribution in [0.2, 0.25) is 0 Å². The van der Waals surface area contributed by atoms with Crippen LogP contribution < -0.4 is 15.8 Å². The van der Waals surface area contributed by atoms with Crippen molar-refractivity contribution in [2.75, 3.05) is 19.4 Å². The largest absolute Gasteiger partial charge is 0.496 e. The summed E-state index contributed by atoms with van der Waals surface area (Å²) in [5.74, 6) is -1.42. The topological polar surface area (TPSA) is 90.1 Å². The molecule has 140 valence electrons. The van der Waals surface area contributed by atoms with Gasteiger partial charge in [-0.3, -0.25) is 4.79 Å². The van der Waals surface area contributed by atoms with Gasteiger partial charge < -0.3 is 15.8 Å². The molecule has 0 spiro atoms. The van der Waals surface area contributed by atoms with Crippen LogP contribution in [0.15, 0.2) is 30.3 Å². The summed E-state index contributed by atoms with van der Waals surface area (Å²) < 4.78 is 33.3. The number of nitrogens with two attached hydrogens (primary N) is 1. The van der Waals surface area contributed by atoms with E-state index in [1.165, 1.54) is 31.4 Å². The number of ether oxygens (including phenoxy) is 1. The number of carbonyl (C=O) groups is 1. The highest BCUT2D eigenvalue weighted by Gasteiger charge is 2.21. The van der Waals surface area contributed by atoms with E-state index in [1.54, 1.807) is 0 Å². The van der Waals surface area contributed by atoms with Gasteiger partial charge >= 0.3 is 0 Å². The van der Waals surface area contributed by atoms with Crippen molar-refractivity contribution in [1.29, 1.82) is 0 Å². The molecular formula is C19H18F2N4O2.